The van der Waals surface area contributed by atoms with Gasteiger partial charge in [0.1, 0.15) is 5.69 Å². The van der Waals surface area contributed by atoms with Crippen LogP contribution in [0, 0.1) is 10.1 Å². The Morgan fingerprint density at radius 3 is 1.86 bits per heavy atom. The molecule has 0 spiro atoms. The summed E-state index contributed by atoms with van der Waals surface area (Å²) in [5.41, 5.74) is 3.14. The Morgan fingerprint density at radius 2 is 1.39 bits per heavy atom. The van der Waals surface area contributed by atoms with Crippen molar-refractivity contribution in [3.05, 3.63) is 45.5 Å². The number of fused-ring (bicyclic) bond motifs is 1. The third kappa shape index (κ3) is 3.52. The van der Waals surface area contributed by atoms with Gasteiger partial charge in [0.2, 0.25) is 0 Å². The van der Waals surface area contributed by atoms with E-state index in [1.54, 1.807) is 0 Å². The van der Waals surface area contributed by atoms with E-state index in [4.69, 9.17) is 5.73 Å². The number of nitrogens with two attached hydrogens (primary N) is 1. The van der Waals surface area contributed by atoms with Gasteiger partial charge in [-0.15, -0.1) is 0 Å². The maximum atomic E-state index is 12.7. The molecule has 2 N–H and O–H groups in total. The number of carbonyl (C=O) groups excluding carboxylic acids is 4. The van der Waals surface area contributed by atoms with E-state index in [0.29, 0.717) is 0 Å². The fourth-order valence-electron chi connectivity index (χ4n) is 2.71. The van der Waals surface area contributed by atoms with Crippen LogP contribution in [0.5, 0.6) is 0 Å². The van der Waals surface area contributed by atoms with Gasteiger partial charge in [-0.1, -0.05) is 18.2 Å². The lowest BCUT2D eigenvalue weighted by molar-refractivity contribution is -0.382. The molecule has 0 amide bonds. The highest BCUT2D eigenvalue weighted by Crippen LogP contribution is 2.38. The van der Waals surface area contributed by atoms with Crippen molar-refractivity contribution >= 4 is 45.7 Å². The zero-order valence-corrected chi connectivity index (χ0v) is 15.0. The molecule has 0 saturated carbocycles. The Labute approximate surface area is 158 Å². The number of rotatable bonds is 7. The number of hydrogen-bond acceptors (Lipinski definition) is 9. The SMILES string of the molecule is CCOC(=O)C(=O)c1c(N)c([N+](=O)[O-])c2ccccc2c1C(=O)C(=O)OCC. The summed E-state index contributed by atoms with van der Waals surface area (Å²) in [6, 6.07) is 5.52. The van der Waals surface area contributed by atoms with Crippen molar-refractivity contribution in [3.63, 3.8) is 0 Å². The molecule has 0 radical (unpaired) electrons. The third-order valence-corrected chi connectivity index (χ3v) is 3.78. The van der Waals surface area contributed by atoms with Crippen LogP contribution >= 0.6 is 0 Å². The summed E-state index contributed by atoms with van der Waals surface area (Å²) in [4.78, 5) is 60.0. The summed E-state index contributed by atoms with van der Waals surface area (Å²) in [5.74, 6) is -5.29. The summed E-state index contributed by atoms with van der Waals surface area (Å²) in [6.45, 7) is 2.65. The highest BCUT2D eigenvalue weighted by atomic mass is 16.6. The molecule has 146 valence electrons. The van der Waals surface area contributed by atoms with E-state index in [9.17, 15) is 29.3 Å². The molecule has 0 atom stereocenters. The Hall–Kier alpha value is -3.82. The molecule has 10 nitrogen and oxygen atoms in total. The van der Waals surface area contributed by atoms with E-state index in [1.807, 2.05) is 0 Å². The first kappa shape index (κ1) is 20.5. The number of ketones is 2. The molecule has 0 unspecified atom stereocenters. The predicted molar refractivity (Wildman–Crippen MR) is 96.9 cm³/mol. The van der Waals surface area contributed by atoms with Crippen LogP contribution in [0.3, 0.4) is 0 Å². The van der Waals surface area contributed by atoms with Crippen LogP contribution in [-0.4, -0.2) is 41.6 Å². The monoisotopic (exact) mass is 388 g/mol. The second-order valence-electron chi connectivity index (χ2n) is 5.41. The van der Waals surface area contributed by atoms with Gasteiger partial charge in [0.15, 0.2) is 0 Å². The molecule has 0 aliphatic rings. The van der Waals surface area contributed by atoms with Crippen molar-refractivity contribution in [2.75, 3.05) is 18.9 Å². The van der Waals surface area contributed by atoms with Crippen molar-refractivity contribution in [2.24, 2.45) is 0 Å². The molecule has 0 aromatic heterocycles. The number of nitro groups is 1. The summed E-state index contributed by atoms with van der Waals surface area (Å²) in [6.07, 6.45) is 0. The molecule has 28 heavy (non-hydrogen) atoms. The van der Waals surface area contributed by atoms with E-state index in [2.05, 4.69) is 9.47 Å². The average Bonchev–Trinajstić information content (AvgIpc) is 2.65. The van der Waals surface area contributed by atoms with Crippen molar-refractivity contribution in [2.45, 2.75) is 13.8 Å². The van der Waals surface area contributed by atoms with Crippen molar-refractivity contribution in [3.8, 4) is 0 Å². The highest BCUT2D eigenvalue weighted by molar-refractivity contribution is 6.50. The lowest BCUT2D eigenvalue weighted by atomic mass is 9.90. The smallest absolute Gasteiger partial charge is 0.379 e. The zero-order chi connectivity index (χ0) is 21.0. The number of ether oxygens (including phenoxy) is 2. The van der Waals surface area contributed by atoms with Crippen molar-refractivity contribution in [1.82, 2.24) is 0 Å². The van der Waals surface area contributed by atoms with Gasteiger partial charge >= 0.3 is 17.6 Å². The molecular formula is C18H16N2O8. The number of anilines is 1. The number of nitrogens with zero attached hydrogens (tertiary/aromatic N) is 1. The molecule has 0 aliphatic heterocycles. The molecule has 2 rings (SSSR count). The number of nitro benzene ring substituents is 1. The fourth-order valence-corrected chi connectivity index (χ4v) is 2.71. The maximum Gasteiger partial charge on any atom is 0.379 e. The molecule has 2 aromatic rings. The fraction of sp³-hybridized carbons (Fsp3) is 0.222. The second kappa shape index (κ2) is 8.25. The summed E-state index contributed by atoms with van der Waals surface area (Å²) >= 11 is 0. The Kier molecular flexibility index (Phi) is 6.04. The van der Waals surface area contributed by atoms with E-state index >= 15 is 0 Å². The summed E-state index contributed by atoms with van der Waals surface area (Å²) < 4.78 is 9.30. The van der Waals surface area contributed by atoms with Gasteiger partial charge in [-0.3, -0.25) is 19.7 Å². The maximum absolute atomic E-state index is 12.7. The summed E-state index contributed by atoms with van der Waals surface area (Å²) in [5, 5.41) is 11.4. The quantitative estimate of drug-likeness (QED) is 0.187. The first-order chi connectivity index (χ1) is 13.3. The van der Waals surface area contributed by atoms with Crippen LogP contribution in [0.15, 0.2) is 24.3 Å². The Bertz CT molecular complexity index is 1010. The van der Waals surface area contributed by atoms with Crippen LogP contribution < -0.4 is 5.73 Å². The molecule has 0 fully saturated rings. The van der Waals surface area contributed by atoms with Gasteiger partial charge in [0.05, 0.1) is 34.7 Å². The van der Waals surface area contributed by atoms with E-state index < -0.39 is 50.9 Å². The van der Waals surface area contributed by atoms with Gasteiger partial charge in [-0.25, -0.2) is 9.59 Å². The number of hydrogen-bond donors (Lipinski definition) is 1. The van der Waals surface area contributed by atoms with Crippen molar-refractivity contribution < 1.29 is 33.6 Å². The number of nitrogen functional groups attached to an aromatic ring is 1. The topological polar surface area (TPSA) is 156 Å². The Balaban J connectivity index is 2.96. The normalized spacial score (nSPS) is 10.4. The molecule has 0 bridgehead atoms. The zero-order valence-electron chi connectivity index (χ0n) is 15.0. The largest absolute Gasteiger partial charge is 0.460 e. The molecule has 0 heterocycles. The van der Waals surface area contributed by atoms with Crippen molar-refractivity contribution in [1.29, 1.82) is 0 Å². The number of Topliss-reactive ketones (excluding diaryl/α,β-unsaturated/α-hetero) is 2. The standard InChI is InChI=1S/C18H16N2O8/c1-3-27-17(23)15(21)11-9-7-5-6-8-10(9)14(20(25)26)13(19)12(11)16(22)18(24)28-4-2/h5-8H,3-4,19H2,1-2H3. The van der Waals surface area contributed by atoms with E-state index in [1.165, 1.54) is 38.1 Å². The highest BCUT2D eigenvalue weighted by Gasteiger charge is 2.36. The van der Waals surface area contributed by atoms with Crippen LogP contribution in [0.1, 0.15) is 34.6 Å². The summed E-state index contributed by atoms with van der Waals surface area (Å²) in [7, 11) is 0. The van der Waals surface area contributed by atoms with Gasteiger partial charge < -0.3 is 15.2 Å². The molecule has 0 aliphatic carbocycles. The minimum absolute atomic E-state index is 0.0712. The minimum atomic E-state index is -1.37. The van der Waals surface area contributed by atoms with Gasteiger partial charge in [-0.2, -0.15) is 0 Å². The lowest BCUT2D eigenvalue weighted by Crippen LogP contribution is -2.26. The number of benzene rings is 2. The Morgan fingerprint density at radius 1 is 0.929 bits per heavy atom. The van der Waals surface area contributed by atoms with E-state index in [-0.39, 0.29) is 24.0 Å². The number of carbonyl (C=O) groups is 4. The first-order valence-electron chi connectivity index (χ1n) is 8.17. The van der Waals surface area contributed by atoms with Crippen LogP contribution in [0.4, 0.5) is 11.4 Å². The second-order valence-corrected chi connectivity index (χ2v) is 5.41. The molecular weight excluding hydrogens is 372 g/mol. The lowest BCUT2D eigenvalue weighted by Gasteiger charge is -2.14. The van der Waals surface area contributed by atoms with Crippen LogP contribution in [0.25, 0.3) is 10.8 Å². The van der Waals surface area contributed by atoms with Crippen LogP contribution in [-0.2, 0) is 19.1 Å². The van der Waals surface area contributed by atoms with E-state index in [0.717, 1.165) is 0 Å². The molecule has 2 aromatic carbocycles. The molecule has 10 heteroatoms. The van der Waals surface area contributed by atoms with Crippen LogP contribution in [0.2, 0.25) is 0 Å². The third-order valence-electron chi connectivity index (χ3n) is 3.78. The minimum Gasteiger partial charge on any atom is -0.460 e. The molecule has 0 saturated heterocycles. The van der Waals surface area contributed by atoms with Gasteiger partial charge in [-0.05, 0) is 19.9 Å². The number of esters is 2. The predicted octanol–water partition coefficient (Wildman–Crippen LogP) is 1.82. The average molecular weight is 388 g/mol. The first-order valence-corrected chi connectivity index (χ1v) is 8.17. The van der Waals surface area contributed by atoms with Gasteiger partial charge in [0.25, 0.3) is 11.6 Å². The van der Waals surface area contributed by atoms with Gasteiger partial charge in [0, 0.05) is 5.39 Å².